The van der Waals surface area contributed by atoms with E-state index in [9.17, 15) is 13.2 Å². The van der Waals surface area contributed by atoms with Crippen molar-refractivity contribution in [2.24, 2.45) is 0 Å². The largest absolute Gasteiger partial charge is 0.464 e. The molecule has 1 atom stereocenters. The number of halogens is 2. The van der Waals surface area contributed by atoms with Crippen LogP contribution in [0.5, 0.6) is 0 Å². The van der Waals surface area contributed by atoms with Crippen molar-refractivity contribution in [3.63, 3.8) is 0 Å². The molecule has 2 aromatic carbocycles. The highest BCUT2D eigenvalue weighted by Gasteiger charge is 2.56. The number of aromatic nitrogens is 3. The van der Waals surface area contributed by atoms with Gasteiger partial charge in [-0.15, -0.1) is 0 Å². The van der Waals surface area contributed by atoms with Crippen LogP contribution in [0.15, 0.2) is 66.1 Å². The van der Waals surface area contributed by atoms with Crippen LogP contribution in [0.25, 0.3) is 0 Å². The summed E-state index contributed by atoms with van der Waals surface area (Å²) < 4.78 is 32.4. The summed E-state index contributed by atoms with van der Waals surface area (Å²) in [6.07, 6.45) is 3.10. The molecule has 1 unspecified atom stereocenters. The van der Waals surface area contributed by atoms with E-state index >= 15 is 0 Å². The molecule has 30 heavy (non-hydrogen) atoms. The van der Waals surface area contributed by atoms with Crippen molar-refractivity contribution in [3.8, 4) is 0 Å². The van der Waals surface area contributed by atoms with Gasteiger partial charge in [-0.25, -0.2) is 18.2 Å². The van der Waals surface area contributed by atoms with Crippen molar-refractivity contribution < 1.29 is 17.9 Å². The minimum Gasteiger partial charge on any atom is -0.464 e. The third-order valence-corrected chi connectivity index (χ3v) is 7.37. The first-order valence-electron chi connectivity index (χ1n) is 9.07. The van der Waals surface area contributed by atoms with Crippen LogP contribution in [0.3, 0.4) is 0 Å². The van der Waals surface area contributed by atoms with Gasteiger partial charge in [0, 0.05) is 15.6 Å². The molecule has 0 aliphatic rings. The number of ether oxygens (including phenoxy) is 1. The van der Waals surface area contributed by atoms with E-state index in [4.69, 9.17) is 27.9 Å². The average Bonchev–Trinajstić information content (AvgIpc) is 3.24. The number of hydrogen-bond acceptors (Lipinski definition) is 6. The molecule has 0 bridgehead atoms. The Morgan fingerprint density at radius 3 is 2.50 bits per heavy atom. The maximum Gasteiger partial charge on any atom is 0.334 e. The van der Waals surface area contributed by atoms with Crippen molar-refractivity contribution in [2.45, 2.75) is 29.5 Å². The van der Waals surface area contributed by atoms with E-state index in [0.717, 1.165) is 0 Å². The summed E-state index contributed by atoms with van der Waals surface area (Å²) in [6.45, 7) is 1.48. The van der Waals surface area contributed by atoms with Crippen LogP contribution in [0, 0.1) is 0 Å². The molecule has 0 aliphatic heterocycles. The average molecular weight is 468 g/mol. The van der Waals surface area contributed by atoms with Crippen LogP contribution >= 0.6 is 23.2 Å². The molecule has 0 fully saturated rings. The minimum absolute atomic E-state index is 0.0237. The SMILES string of the molecule is CCCOC(=O)C(Cn1cncn1)(c1ccc(Cl)cc1Cl)S(=O)(=O)c1ccccc1. The van der Waals surface area contributed by atoms with Gasteiger partial charge >= 0.3 is 5.97 Å². The van der Waals surface area contributed by atoms with Crippen molar-refractivity contribution in [1.29, 1.82) is 0 Å². The van der Waals surface area contributed by atoms with Gasteiger partial charge in [-0.1, -0.05) is 54.4 Å². The van der Waals surface area contributed by atoms with Crippen LogP contribution in [-0.2, 0) is 30.7 Å². The number of benzene rings is 2. The zero-order valence-corrected chi connectivity index (χ0v) is 18.4. The molecule has 10 heteroatoms. The molecule has 0 aliphatic carbocycles. The Kier molecular flexibility index (Phi) is 6.80. The van der Waals surface area contributed by atoms with E-state index in [2.05, 4.69) is 10.1 Å². The zero-order chi connectivity index (χ0) is 21.8. The zero-order valence-electron chi connectivity index (χ0n) is 16.0. The Labute approximate surface area is 184 Å². The van der Waals surface area contributed by atoms with E-state index in [1.807, 2.05) is 6.92 Å². The highest BCUT2D eigenvalue weighted by molar-refractivity contribution is 7.93. The molecule has 0 spiro atoms. The summed E-state index contributed by atoms with van der Waals surface area (Å²) in [5.74, 6) is -0.951. The Bertz CT molecular complexity index is 1120. The second kappa shape index (κ2) is 9.16. The molecular formula is C20H19Cl2N3O4S. The first kappa shape index (κ1) is 22.3. The Balaban J connectivity index is 2.35. The molecule has 3 aromatic rings. The van der Waals surface area contributed by atoms with Gasteiger partial charge < -0.3 is 4.74 Å². The molecule has 0 radical (unpaired) electrons. The molecule has 0 saturated carbocycles. The van der Waals surface area contributed by atoms with E-state index in [-0.39, 0.29) is 28.6 Å². The molecule has 7 nitrogen and oxygen atoms in total. The van der Waals surface area contributed by atoms with Gasteiger partial charge in [0.25, 0.3) is 0 Å². The van der Waals surface area contributed by atoms with Crippen LogP contribution in [-0.4, -0.2) is 35.8 Å². The lowest BCUT2D eigenvalue weighted by Crippen LogP contribution is -2.48. The quantitative estimate of drug-likeness (QED) is 0.466. The maximum atomic E-state index is 14.0. The number of sulfone groups is 1. The molecule has 1 aromatic heterocycles. The number of carbonyl (C=O) groups is 1. The van der Waals surface area contributed by atoms with Gasteiger partial charge in [0.15, 0.2) is 0 Å². The van der Waals surface area contributed by atoms with Crippen molar-refractivity contribution >= 4 is 39.0 Å². The van der Waals surface area contributed by atoms with Crippen molar-refractivity contribution in [1.82, 2.24) is 14.8 Å². The molecule has 3 rings (SSSR count). The third-order valence-electron chi connectivity index (χ3n) is 4.50. The van der Waals surface area contributed by atoms with Crippen LogP contribution in [0.2, 0.25) is 10.0 Å². The second-order valence-electron chi connectivity index (χ2n) is 6.50. The summed E-state index contributed by atoms with van der Waals surface area (Å²) in [6, 6.07) is 12.0. The predicted octanol–water partition coefficient (Wildman–Crippen LogP) is 3.91. The lowest BCUT2D eigenvalue weighted by atomic mass is 9.97. The maximum absolute atomic E-state index is 14.0. The van der Waals surface area contributed by atoms with Gasteiger partial charge in [-0.2, -0.15) is 5.10 Å². The molecular weight excluding hydrogens is 449 g/mol. The number of carbonyl (C=O) groups excluding carboxylic acids is 1. The Hall–Kier alpha value is -2.42. The van der Waals surface area contributed by atoms with Crippen LogP contribution in [0.1, 0.15) is 18.9 Å². The van der Waals surface area contributed by atoms with E-state index in [1.165, 1.54) is 47.7 Å². The number of rotatable bonds is 8. The second-order valence-corrected chi connectivity index (χ2v) is 9.52. The van der Waals surface area contributed by atoms with E-state index < -0.39 is 20.6 Å². The highest BCUT2D eigenvalue weighted by atomic mass is 35.5. The summed E-state index contributed by atoms with van der Waals surface area (Å²) in [5.41, 5.74) is 0.0500. The van der Waals surface area contributed by atoms with Crippen LogP contribution in [0.4, 0.5) is 0 Å². The number of esters is 1. The Morgan fingerprint density at radius 2 is 1.90 bits per heavy atom. The van der Waals surface area contributed by atoms with E-state index in [1.54, 1.807) is 18.2 Å². The van der Waals surface area contributed by atoms with Crippen LogP contribution < -0.4 is 0 Å². The van der Waals surface area contributed by atoms with Gasteiger partial charge in [0.05, 0.1) is 18.0 Å². The Morgan fingerprint density at radius 1 is 1.17 bits per heavy atom. The molecule has 0 N–H and O–H groups in total. The summed E-state index contributed by atoms with van der Waals surface area (Å²) in [5, 5.41) is 4.33. The molecule has 158 valence electrons. The lowest BCUT2D eigenvalue weighted by molar-refractivity contribution is -0.147. The van der Waals surface area contributed by atoms with E-state index in [0.29, 0.717) is 11.4 Å². The first-order chi connectivity index (χ1) is 14.3. The first-order valence-corrected chi connectivity index (χ1v) is 11.3. The topological polar surface area (TPSA) is 91.2 Å². The fraction of sp³-hybridized carbons (Fsp3) is 0.250. The molecule has 0 amide bonds. The lowest BCUT2D eigenvalue weighted by Gasteiger charge is -2.32. The van der Waals surface area contributed by atoms with Gasteiger partial charge in [-0.3, -0.25) is 4.68 Å². The molecule has 1 heterocycles. The third kappa shape index (κ3) is 4.08. The van der Waals surface area contributed by atoms with Gasteiger partial charge in [-0.05, 0) is 30.7 Å². The summed E-state index contributed by atoms with van der Waals surface area (Å²) in [4.78, 5) is 17.3. The monoisotopic (exact) mass is 467 g/mol. The minimum atomic E-state index is -4.35. The number of hydrogen-bond donors (Lipinski definition) is 0. The normalized spacial score (nSPS) is 13.6. The van der Waals surface area contributed by atoms with Crippen molar-refractivity contribution in [3.05, 3.63) is 76.8 Å². The highest BCUT2D eigenvalue weighted by Crippen LogP contribution is 2.42. The predicted molar refractivity (Wildman–Crippen MR) is 113 cm³/mol. The number of nitrogens with zero attached hydrogens (tertiary/aromatic N) is 3. The summed E-state index contributed by atoms with van der Waals surface area (Å²) >= 11 is 12.5. The van der Waals surface area contributed by atoms with Gasteiger partial charge in [0.1, 0.15) is 12.7 Å². The fourth-order valence-electron chi connectivity index (χ4n) is 3.07. The smallest absolute Gasteiger partial charge is 0.334 e. The van der Waals surface area contributed by atoms with Gasteiger partial charge in [0.2, 0.25) is 14.6 Å². The summed E-state index contributed by atoms with van der Waals surface area (Å²) in [7, 11) is -4.35. The fourth-order valence-corrected chi connectivity index (χ4v) is 5.66. The molecule has 0 saturated heterocycles. The standard InChI is InChI=1S/C20H19Cl2N3O4S/c1-2-10-29-19(26)20(12-25-14-23-13-24-25,17-9-8-15(21)11-18(17)22)30(27,28)16-6-4-3-5-7-16/h3-9,11,13-14H,2,10,12H2,1H3. The van der Waals surface area contributed by atoms with Crippen molar-refractivity contribution in [2.75, 3.05) is 6.61 Å².